The number of H-pyrrole nitrogens is 1. The predicted molar refractivity (Wildman–Crippen MR) is 134 cm³/mol. The molecule has 2 amide bonds. The van der Waals surface area contributed by atoms with Gasteiger partial charge < -0.3 is 19.7 Å². The van der Waals surface area contributed by atoms with E-state index >= 15 is 0 Å². The van der Waals surface area contributed by atoms with E-state index in [1.54, 1.807) is 6.20 Å². The van der Waals surface area contributed by atoms with Crippen LogP contribution in [0.5, 0.6) is 0 Å². The molecule has 0 spiro atoms. The number of rotatable bonds is 5. The molecule has 2 aliphatic rings. The van der Waals surface area contributed by atoms with Gasteiger partial charge in [0.05, 0.1) is 23.1 Å². The first-order valence-corrected chi connectivity index (χ1v) is 12.0. The average molecular weight is 469 g/mol. The number of carbonyl (C=O) groups is 2. The number of anilines is 1. The van der Waals surface area contributed by atoms with Crippen molar-refractivity contribution in [3.8, 4) is 0 Å². The average Bonchev–Trinajstić information content (AvgIpc) is 3.44. The Morgan fingerprint density at radius 3 is 2.80 bits per heavy atom. The lowest BCUT2D eigenvalue weighted by atomic mass is 9.96. The van der Waals surface area contributed by atoms with Crippen molar-refractivity contribution in [1.29, 1.82) is 0 Å². The lowest BCUT2D eigenvalue weighted by Gasteiger charge is -2.46. The normalized spacial score (nSPS) is 16.7. The molecular weight excluding hydrogens is 440 g/mol. The number of nitrogens with one attached hydrogen (secondary N) is 2. The molecule has 35 heavy (non-hydrogen) atoms. The van der Waals surface area contributed by atoms with Crippen molar-refractivity contribution < 1.29 is 9.59 Å². The highest BCUT2D eigenvalue weighted by Crippen LogP contribution is 2.44. The number of amides is 2. The van der Waals surface area contributed by atoms with Crippen LogP contribution in [0, 0.1) is 6.92 Å². The van der Waals surface area contributed by atoms with Gasteiger partial charge in [-0.1, -0.05) is 30.3 Å². The Morgan fingerprint density at radius 1 is 1.17 bits per heavy atom. The molecule has 0 saturated heterocycles. The molecule has 0 fully saturated rings. The highest BCUT2D eigenvalue weighted by molar-refractivity contribution is 6.02. The monoisotopic (exact) mass is 468 g/mol. The zero-order chi connectivity index (χ0) is 24.1. The van der Waals surface area contributed by atoms with Crippen LogP contribution in [0.3, 0.4) is 0 Å². The summed E-state index contributed by atoms with van der Waals surface area (Å²) in [6.45, 7) is 3.61. The van der Waals surface area contributed by atoms with Crippen LogP contribution in [0.25, 0.3) is 10.9 Å². The first-order valence-electron chi connectivity index (χ1n) is 12.0. The smallest absolute Gasteiger partial charge is 0.257 e. The van der Waals surface area contributed by atoms with Gasteiger partial charge in [0.2, 0.25) is 5.91 Å². The van der Waals surface area contributed by atoms with E-state index in [-0.39, 0.29) is 18.0 Å². The molecule has 8 nitrogen and oxygen atoms in total. The van der Waals surface area contributed by atoms with Crippen LogP contribution >= 0.6 is 0 Å². The minimum Gasteiger partial charge on any atom is -0.352 e. The Labute approximate surface area is 203 Å². The highest BCUT2D eigenvalue weighted by atomic mass is 16.2. The second kappa shape index (κ2) is 8.30. The van der Waals surface area contributed by atoms with Crippen LogP contribution in [0.2, 0.25) is 0 Å². The number of benzene rings is 2. The van der Waals surface area contributed by atoms with Crippen LogP contribution < -0.4 is 10.2 Å². The van der Waals surface area contributed by atoms with Crippen molar-refractivity contribution in [3.05, 3.63) is 82.8 Å². The largest absolute Gasteiger partial charge is 0.352 e. The van der Waals surface area contributed by atoms with Crippen LogP contribution in [-0.4, -0.2) is 45.1 Å². The third-order valence-electron chi connectivity index (χ3n) is 7.38. The van der Waals surface area contributed by atoms with Crippen molar-refractivity contribution in [2.45, 2.75) is 39.0 Å². The molecule has 2 aliphatic heterocycles. The van der Waals surface area contributed by atoms with Crippen LogP contribution in [-0.2, 0) is 24.3 Å². The van der Waals surface area contributed by atoms with E-state index in [4.69, 9.17) is 0 Å². The molecule has 8 heteroatoms. The summed E-state index contributed by atoms with van der Waals surface area (Å²) in [5.74, 6) is 0.0580. The van der Waals surface area contributed by atoms with Gasteiger partial charge in [-0.25, -0.2) is 0 Å². The molecule has 6 rings (SSSR count). The second-order valence-electron chi connectivity index (χ2n) is 9.33. The molecule has 0 bridgehead atoms. The van der Waals surface area contributed by atoms with E-state index in [1.807, 2.05) is 42.2 Å². The maximum absolute atomic E-state index is 13.4. The van der Waals surface area contributed by atoms with Gasteiger partial charge >= 0.3 is 0 Å². The maximum atomic E-state index is 13.4. The summed E-state index contributed by atoms with van der Waals surface area (Å²) < 4.78 is 2.25. The van der Waals surface area contributed by atoms with Gasteiger partial charge in [0, 0.05) is 55.3 Å². The van der Waals surface area contributed by atoms with Crippen molar-refractivity contribution in [1.82, 2.24) is 25.0 Å². The predicted octanol–water partition coefficient (Wildman–Crippen LogP) is 3.53. The Bertz CT molecular complexity index is 1450. The lowest BCUT2D eigenvalue weighted by Crippen LogP contribution is -2.51. The Morgan fingerprint density at radius 2 is 1.97 bits per heavy atom. The summed E-state index contributed by atoms with van der Waals surface area (Å²) in [6.07, 6.45) is 2.69. The molecule has 0 radical (unpaired) electrons. The highest BCUT2D eigenvalue weighted by Gasteiger charge is 2.42. The molecule has 1 unspecified atom stereocenters. The summed E-state index contributed by atoms with van der Waals surface area (Å²) >= 11 is 0. The number of aromatic nitrogens is 3. The first-order chi connectivity index (χ1) is 17.0. The molecular formula is C27H28N6O2. The zero-order valence-electron chi connectivity index (χ0n) is 19.9. The molecule has 1 atom stereocenters. The van der Waals surface area contributed by atoms with Gasteiger partial charge in [0.1, 0.15) is 6.17 Å². The minimum absolute atomic E-state index is 0.0109. The number of aryl methyl sites for hydroxylation is 2. The van der Waals surface area contributed by atoms with E-state index in [2.05, 4.69) is 50.2 Å². The molecule has 178 valence electrons. The van der Waals surface area contributed by atoms with Crippen molar-refractivity contribution in [2.75, 3.05) is 18.5 Å². The number of aromatic amines is 1. The van der Waals surface area contributed by atoms with E-state index in [0.717, 1.165) is 40.1 Å². The van der Waals surface area contributed by atoms with Gasteiger partial charge in [-0.2, -0.15) is 5.10 Å². The molecule has 0 saturated carbocycles. The molecule has 0 aliphatic carbocycles. The lowest BCUT2D eigenvalue weighted by molar-refractivity contribution is -0.121. The van der Waals surface area contributed by atoms with E-state index in [0.29, 0.717) is 26.1 Å². The second-order valence-corrected chi connectivity index (χ2v) is 9.33. The number of nitrogens with zero attached hydrogens (tertiary/aromatic N) is 4. The summed E-state index contributed by atoms with van der Waals surface area (Å²) in [5.41, 5.74) is 7.12. The van der Waals surface area contributed by atoms with E-state index in [9.17, 15) is 9.59 Å². The molecule has 4 aromatic rings. The fourth-order valence-electron chi connectivity index (χ4n) is 5.60. The number of para-hydroxylation sites is 2. The molecule has 2 aromatic carbocycles. The topological polar surface area (TPSA) is 86.3 Å². The quantitative estimate of drug-likeness (QED) is 0.469. The van der Waals surface area contributed by atoms with Crippen LogP contribution in [0.1, 0.15) is 45.5 Å². The third-order valence-corrected chi connectivity index (χ3v) is 7.38. The van der Waals surface area contributed by atoms with Gasteiger partial charge in [-0.15, -0.1) is 0 Å². The van der Waals surface area contributed by atoms with Gasteiger partial charge in [-0.3, -0.25) is 14.7 Å². The SMILES string of the molecule is Cc1[nH]ncc1CNC(=O)CCn1c2c(c3ccccc31)CCN1C(=O)c3ccccc3N(C)C21. The standard InChI is InChI=1S/C27H28N6O2/c1-17-18(16-29-30-17)15-28-24(34)12-14-32-23-10-6-3-7-19(23)20-11-13-33-26(25(20)32)31(2)22-9-5-4-8-21(22)27(33)35/h3-10,16,26H,11-15H2,1-2H3,(H,28,34)(H,29,30). The molecule has 2 aromatic heterocycles. The fraction of sp³-hybridized carbons (Fsp3) is 0.296. The number of carbonyl (C=O) groups excluding carboxylic acids is 2. The van der Waals surface area contributed by atoms with E-state index in [1.165, 1.54) is 10.9 Å². The first kappa shape index (κ1) is 21.5. The number of hydrogen-bond donors (Lipinski definition) is 2. The molecule has 4 heterocycles. The van der Waals surface area contributed by atoms with Crippen LogP contribution in [0.4, 0.5) is 5.69 Å². The van der Waals surface area contributed by atoms with Gasteiger partial charge in [0.25, 0.3) is 5.91 Å². The van der Waals surface area contributed by atoms with Gasteiger partial charge in [0.15, 0.2) is 0 Å². The van der Waals surface area contributed by atoms with Gasteiger partial charge in [-0.05, 0) is 37.1 Å². The van der Waals surface area contributed by atoms with Crippen molar-refractivity contribution in [2.24, 2.45) is 0 Å². The summed E-state index contributed by atoms with van der Waals surface area (Å²) in [4.78, 5) is 30.4. The Kier molecular flexibility index (Phi) is 5.09. The van der Waals surface area contributed by atoms with Crippen molar-refractivity contribution in [3.63, 3.8) is 0 Å². The minimum atomic E-state index is -0.204. The van der Waals surface area contributed by atoms with Crippen LogP contribution in [0.15, 0.2) is 54.7 Å². The zero-order valence-corrected chi connectivity index (χ0v) is 19.9. The van der Waals surface area contributed by atoms with Crippen molar-refractivity contribution >= 4 is 28.4 Å². The Balaban J connectivity index is 1.35. The summed E-state index contributed by atoms with van der Waals surface area (Å²) in [6, 6.07) is 16.2. The molecule has 2 N–H and O–H groups in total. The fourth-order valence-corrected chi connectivity index (χ4v) is 5.60. The summed E-state index contributed by atoms with van der Waals surface area (Å²) in [5, 5.41) is 11.1. The maximum Gasteiger partial charge on any atom is 0.257 e. The number of fused-ring (bicyclic) bond motifs is 6. The third kappa shape index (κ3) is 3.39. The Hall–Kier alpha value is -4.07. The summed E-state index contributed by atoms with van der Waals surface area (Å²) in [7, 11) is 2.06. The van der Waals surface area contributed by atoms with E-state index < -0.39 is 0 Å². The number of hydrogen-bond acceptors (Lipinski definition) is 4.